The monoisotopic (exact) mass is 449 g/mol. The average molecular weight is 450 g/mol. The van der Waals surface area contributed by atoms with Gasteiger partial charge in [0.05, 0.1) is 5.69 Å². The number of anilines is 1. The van der Waals surface area contributed by atoms with Gasteiger partial charge in [0.1, 0.15) is 5.58 Å². The molecular weight excluding hydrogens is 426 g/mol. The van der Waals surface area contributed by atoms with E-state index in [1.165, 1.54) is 10.4 Å². The number of hydrogen-bond donors (Lipinski definition) is 1. The molecule has 2 aromatic carbocycles. The quantitative estimate of drug-likeness (QED) is 0.417. The van der Waals surface area contributed by atoms with Gasteiger partial charge in [0, 0.05) is 47.6 Å². The predicted octanol–water partition coefficient (Wildman–Crippen LogP) is 5.56. The average Bonchev–Trinajstić information content (AvgIpc) is 3.35. The Hall–Kier alpha value is -2.61. The van der Waals surface area contributed by atoms with Crippen LogP contribution in [0.15, 0.2) is 59.0 Å². The van der Waals surface area contributed by atoms with Crippen molar-refractivity contribution >= 4 is 45.1 Å². The zero-order valence-electron chi connectivity index (χ0n) is 17.3. The predicted molar refractivity (Wildman–Crippen MR) is 128 cm³/mol. The van der Waals surface area contributed by atoms with Gasteiger partial charge in [-0.2, -0.15) is 11.8 Å². The molecule has 0 fully saturated rings. The lowest BCUT2D eigenvalue weighted by molar-refractivity contribution is 0.0998. The Balaban J connectivity index is 1.33. The molecule has 7 heteroatoms. The molecule has 2 aromatic heterocycles. The fourth-order valence-electron chi connectivity index (χ4n) is 4.00. The summed E-state index contributed by atoms with van der Waals surface area (Å²) in [5.74, 6) is 0.879. The second-order valence-electron chi connectivity index (χ2n) is 7.63. The van der Waals surface area contributed by atoms with E-state index in [1.807, 2.05) is 36.6 Å². The lowest BCUT2D eigenvalue weighted by Crippen LogP contribution is -2.29. The summed E-state index contributed by atoms with van der Waals surface area (Å²) < 4.78 is 5.91. The Morgan fingerprint density at radius 3 is 2.84 bits per heavy atom. The van der Waals surface area contributed by atoms with Crippen LogP contribution in [0.4, 0.5) is 5.13 Å². The van der Waals surface area contributed by atoms with E-state index < -0.39 is 0 Å². The molecule has 1 aliphatic heterocycles. The van der Waals surface area contributed by atoms with E-state index >= 15 is 0 Å². The Morgan fingerprint density at radius 2 is 2.00 bits per heavy atom. The van der Waals surface area contributed by atoms with Gasteiger partial charge in [0.15, 0.2) is 10.9 Å². The molecule has 5 rings (SSSR count). The molecule has 0 bridgehead atoms. The molecule has 158 valence electrons. The van der Waals surface area contributed by atoms with Crippen molar-refractivity contribution in [3.63, 3.8) is 0 Å². The number of para-hydroxylation sites is 1. The molecule has 0 radical (unpaired) electrons. The second kappa shape index (κ2) is 8.86. The number of nitrogens with zero attached hydrogens (tertiary/aromatic N) is 2. The summed E-state index contributed by atoms with van der Waals surface area (Å²) in [6.45, 7) is 2.76. The Labute approximate surface area is 189 Å². The number of furan rings is 1. The maximum absolute atomic E-state index is 13.0. The highest BCUT2D eigenvalue weighted by atomic mass is 32.2. The van der Waals surface area contributed by atoms with Crippen LogP contribution in [0.5, 0.6) is 0 Å². The first-order valence-corrected chi connectivity index (χ1v) is 12.5. The number of benzene rings is 2. The van der Waals surface area contributed by atoms with Crippen molar-refractivity contribution < 1.29 is 9.21 Å². The zero-order valence-corrected chi connectivity index (χ0v) is 18.9. The molecule has 1 amide bonds. The van der Waals surface area contributed by atoms with Gasteiger partial charge in [-0.3, -0.25) is 15.0 Å². The Kier molecular flexibility index (Phi) is 5.80. The number of carbonyl (C=O) groups is 1. The largest absolute Gasteiger partial charge is 0.451 e. The van der Waals surface area contributed by atoms with Crippen LogP contribution in [0, 0.1) is 0 Å². The standard InChI is InChI=1S/C24H23N3O2S2/c1-30-15-18-17-9-5-6-10-20(17)29-22(18)23(28)26-24-25-19-11-12-27(14-21(19)31-24)13-16-7-3-2-4-8-16/h2-10H,11-15H2,1H3,(H,25,26,28). The highest BCUT2D eigenvalue weighted by Crippen LogP contribution is 2.32. The molecule has 1 N–H and O–H groups in total. The lowest BCUT2D eigenvalue weighted by atomic mass is 10.1. The zero-order chi connectivity index (χ0) is 21.2. The third-order valence-electron chi connectivity index (χ3n) is 5.47. The van der Waals surface area contributed by atoms with E-state index in [0.29, 0.717) is 10.9 Å². The summed E-state index contributed by atoms with van der Waals surface area (Å²) in [6, 6.07) is 18.3. The smallest absolute Gasteiger partial charge is 0.293 e. The first-order chi connectivity index (χ1) is 15.2. The second-order valence-corrected chi connectivity index (χ2v) is 9.58. The highest BCUT2D eigenvalue weighted by molar-refractivity contribution is 7.97. The summed E-state index contributed by atoms with van der Waals surface area (Å²) in [6.07, 6.45) is 2.93. The van der Waals surface area contributed by atoms with Crippen LogP contribution in [-0.4, -0.2) is 28.6 Å². The van der Waals surface area contributed by atoms with Crippen LogP contribution >= 0.6 is 23.1 Å². The normalized spacial score (nSPS) is 14.0. The minimum Gasteiger partial charge on any atom is -0.451 e. The minimum atomic E-state index is -0.229. The van der Waals surface area contributed by atoms with Crippen molar-refractivity contribution in [2.45, 2.75) is 25.3 Å². The van der Waals surface area contributed by atoms with E-state index in [0.717, 1.165) is 54.0 Å². The number of carbonyl (C=O) groups excluding carboxylic acids is 1. The van der Waals surface area contributed by atoms with E-state index in [1.54, 1.807) is 23.1 Å². The number of thiazole rings is 1. The number of nitrogens with one attached hydrogen (secondary N) is 1. The van der Waals surface area contributed by atoms with Crippen molar-refractivity contribution in [3.8, 4) is 0 Å². The van der Waals surface area contributed by atoms with Gasteiger partial charge in [-0.15, -0.1) is 11.3 Å². The number of amides is 1. The van der Waals surface area contributed by atoms with Crippen molar-refractivity contribution in [2.75, 3.05) is 18.1 Å². The molecule has 0 saturated heterocycles. The molecule has 0 spiro atoms. The molecule has 31 heavy (non-hydrogen) atoms. The van der Waals surface area contributed by atoms with Crippen molar-refractivity contribution in [1.82, 2.24) is 9.88 Å². The first kappa shape index (κ1) is 20.3. The number of thioether (sulfide) groups is 1. The van der Waals surface area contributed by atoms with Gasteiger partial charge in [0.2, 0.25) is 0 Å². The van der Waals surface area contributed by atoms with Crippen LogP contribution in [-0.2, 0) is 25.3 Å². The number of hydrogen-bond acceptors (Lipinski definition) is 6. The highest BCUT2D eigenvalue weighted by Gasteiger charge is 2.24. The lowest BCUT2D eigenvalue weighted by Gasteiger charge is -2.25. The van der Waals surface area contributed by atoms with Crippen LogP contribution in [0.25, 0.3) is 11.0 Å². The van der Waals surface area contributed by atoms with Crippen molar-refractivity contribution in [3.05, 3.63) is 82.1 Å². The van der Waals surface area contributed by atoms with Gasteiger partial charge in [-0.25, -0.2) is 4.98 Å². The van der Waals surface area contributed by atoms with Crippen LogP contribution in [0.3, 0.4) is 0 Å². The molecule has 4 aromatic rings. The topological polar surface area (TPSA) is 58.4 Å². The molecule has 5 nitrogen and oxygen atoms in total. The van der Waals surface area contributed by atoms with E-state index in [2.05, 4.69) is 34.5 Å². The molecule has 0 saturated carbocycles. The third kappa shape index (κ3) is 4.26. The summed E-state index contributed by atoms with van der Waals surface area (Å²) in [7, 11) is 0. The molecule has 1 aliphatic rings. The molecular formula is C24H23N3O2S2. The van der Waals surface area contributed by atoms with Crippen molar-refractivity contribution in [1.29, 1.82) is 0 Å². The van der Waals surface area contributed by atoms with Gasteiger partial charge < -0.3 is 4.42 Å². The number of fused-ring (bicyclic) bond motifs is 2. The van der Waals surface area contributed by atoms with Crippen LogP contribution in [0.1, 0.15) is 32.3 Å². The van der Waals surface area contributed by atoms with E-state index in [9.17, 15) is 4.79 Å². The number of rotatable bonds is 6. The maximum Gasteiger partial charge on any atom is 0.293 e. The van der Waals surface area contributed by atoms with Gasteiger partial charge in [-0.05, 0) is 17.9 Å². The molecule has 0 unspecified atom stereocenters. The summed E-state index contributed by atoms with van der Waals surface area (Å²) >= 11 is 3.24. The summed E-state index contributed by atoms with van der Waals surface area (Å²) in [5.41, 5.74) is 4.09. The van der Waals surface area contributed by atoms with Crippen molar-refractivity contribution in [2.24, 2.45) is 0 Å². The Bertz CT molecular complexity index is 1220. The number of aromatic nitrogens is 1. The fraction of sp³-hybridized carbons (Fsp3) is 0.250. The summed E-state index contributed by atoms with van der Waals surface area (Å²) in [4.78, 5) is 21.4. The van der Waals surface area contributed by atoms with Crippen LogP contribution in [0.2, 0.25) is 0 Å². The van der Waals surface area contributed by atoms with Crippen LogP contribution < -0.4 is 5.32 Å². The van der Waals surface area contributed by atoms with Gasteiger partial charge >= 0.3 is 0 Å². The fourth-order valence-corrected chi connectivity index (χ4v) is 5.62. The molecule has 0 aliphatic carbocycles. The van der Waals surface area contributed by atoms with E-state index in [-0.39, 0.29) is 5.91 Å². The minimum absolute atomic E-state index is 0.229. The first-order valence-electron chi connectivity index (χ1n) is 10.3. The SMILES string of the molecule is CSCc1c(C(=O)Nc2nc3c(s2)CN(Cc2ccccc2)CC3)oc2ccccc12. The third-order valence-corrected chi connectivity index (χ3v) is 7.05. The maximum atomic E-state index is 13.0. The van der Waals surface area contributed by atoms with Gasteiger partial charge in [0.25, 0.3) is 5.91 Å². The Morgan fingerprint density at radius 1 is 1.19 bits per heavy atom. The van der Waals surface area contributed by atoms with E-state index in [4.69, 9.17) is 9.40 Å². The molecule has 0 atom stereocenters. The van der Waals surface area contributed by atoms with Gasteiger partial charge in [-0.1, -0.05) is 48.5 Å². The molecule has 3 heterocycles. The summed E-state index contributed by atoms with van der Waals surface area (Å²) in [5, 5.41) is 4.63.